The number of aromatic nitrogens is 2. The first-order valence-electron chi connectivity index (χ1n) is 3.20. The van der Waals surface area contributed by atoms with Gasteiger partial charge in [-0.15, -0.1) is 12.4 Å². The van der Waals surface area contributed by atoms with Crippen LogP contribution in [0.4, 0.5) is 8.78 Å². The molecular weight excluding hydrogens is 188 g/mol. The number of hydrogen-bond donors (Lipinski definition) is 1. The van der Waals surface area contributed by atoms with E-state index in [-0.39, 0.29) is 18.4 Å². The first-order chi connectivity index (χ1) is 5.11. The lowest BCUT2D eigenvalue weighted by Crippen LogP contribution is -2.07. The highest BCUT2D eigenvalue weighted by Crippen LogP contribution is 2.11. The van der Waals surface area contributed by atoms with Crippen LogP contribution >= 0.6 is 12.4 Å². The molecule has 0 radical (unpaired) electrons. The van der Waals surface area contributed by atoms with E-state index in [1.807, 2.05) is 0 Å². The Morgan fingerprint density at radius 1 is 1.58 bits per heavy atom. The lowest BCUT2D eigenvalue weighted by Gasteiger charge is -1.99. The van der Waals surface area contributed by atoms with Crippen molar-refractivity contribution in [3.8, 4) is 0 Å². The van der Waals surface area contributed by atoms with Crippen molar-refractivity contribution in [3.63, 3.8) is 0 Å². The van der Waals surface area contributed by atoms with Crippen LogP contribution in [0.25, 0.3) is 0 Å². The van der Waals surface area contributed by atoms with E-state index in [2.05, 4.69) is 5.10 Å². The zero-order chi connectivity index (χ0) is 8.43. The Kier molecular flexibility index (Phi) is 4.12. The number of hydrogen-bond acceptors (Lipinski definition) is 2. The largest absolute Gasteiger partial charge is 0.333 e. The fourth-order valence-electron chi connectivity index (χ4n) is 0.704. The second kappa shape index (κ2) is 4.37. The Bertz CT molecular complexity index is 214. The van der Waals surface area contributed by atoms with Gasteiger partial charge in [0.25, 0.3) is 0 Å². The van der Waals surface area contributed by atoms with Gasteiger partial charge in [0.1, 0.15) is 0 Å². The Balaban J connectivity index is 0.00000121. The van der Waals surface area contributed by atoms with Gasteiger partial charge in [0.15, 0.2) is 0 Å². The molecule has 0 aliphatic heterocycles. The Morgan fingerprint density at radius 2 is 2.17 bits per heavy atom. The van der Waals surface area contributed by atoms with E-state index in [1.165, 1.54) is 12.3 Å². The summed E-state index contributed by atoms with van der Waals surface area (Å²) >= 11 is 0. The average molecular weight is 198 g/mol. The predicted octanol–water partition coefficient (Wildman–Crippen LogP) is 1.72. The zero-order valence-electron chi connectivity index (χ0n) is 6.45. The summed E-state index contributed by atoms with van der Waals surface area (Å²) in [4.78, 5) is 0. The number of halogens is 3. The lowest BCUT2D eigenvalue weighted by atomic mass is 10.3. The van der Waals surface area contributed by atoms with Gasteiger partial charge in [-0.25, -0.2) is 4.68 Å². The van der Waals surface area contributed by atoms with Crippen molar-refractivity contribution in [3.05, 3.63) is 18.0 Å². The van der Waals surface area contributed by atoms with Gasteiger partial charge in [0, 0.05) is 12.2 Å². The van der Waals surface area contributed by atoms with Crippen molar-refractivity contribution in [2.75, 3.05) is 0 Å². The molecular formula is C6H10ClF2N3. The SMILES string of the molecule is C[C@@H](N)c1ccn(C(F)F)n1.Cl. The summed E-state index contributed by atoms with van der Waals surface area (Å²) in [6.07, 6.45) is 1.21. The van der Waals surface area contributed by atoms with Gasteiger partial charge in [0.05, 0.1) is 5.69 Å². The van der Waals surface area contributed by atoms with Gasteiger partial charge in [0.2, 0.25) is 0 Å². The molecule has 1 rings (SSSR count). The summed E-state index contributed by atoms with van der Waals surface area (Å²) in [7, 11) is 0. The molecule has 0 aliphatic rings. The minimum absolute atomic E-state index is 0. The summed E-state index contributed by atoms with van der Waals surface area (Å²) in [6.45, 7) is -0.888. The van der Waals surface area contributed by atoms with Crippen LogP contribution in [0.2, 0.25) is 0 Å². The molecule has 12 heavy (non-hydrogen) atoms. The smallest absolute Gasteiger partial charge is 0.323 e. The Hall–Kier alpha value is -0.680. The van der Waals surface area contributed by atoms with E-state index in [0.717, 1.165) is 0 Å². The van der Waals surface area contributed by atoms with Gasteiger partial charge in [-0.3, -0.25) is 0 Å². The highest BCUT2D eigenvalue weighted by atomic mass is 35.5. The minimum Gasteiger partial charge on any atom is -0.323 e. The van der Waals surface area contributed by atoms with E-state index in [1.54, 1.807) is 6.92 Å². The quantitative estimate of drug-likeness (QED) is 0.785. The second-order valence-corrected chi connectivity index (χ2v) is 2.29. The van der Waals surface area contributed by atoms with Gasteiger partial charge < -0.3 is 5.73 Å². The van der Waals surface area contributed by atoms with Crippen LogP contribution in [-0.4, -0.2) is 9.78 Å². The number of alkyl halides is 2. The van der Waals surface area contributed by atoms with Crippen LogP contribution in [0, 0.1) is 0 Å². The highest BCUT2D eigenvalue weighted by Gasteiger charge is 2.08. The molecule has 2 N–H and O–H groups in total. The third kappa shape index (κ3) is 2.42. The molecule has 0 aromatic carbocycles. The van der Waals surface area contributed by atoms with Gasteiger partial charge in [-0.2, -0.15) is 13.9 Å². The molecule has 0 spiro atoms. The third-order valence-electron chi connectivity index (χ3n) is 1.30. The molecule has 1 atom stereocenters. The Morgan fingerprint density at radius 3 is 2.42 bits per heavy atom. The average Bonchev–Trinajstić information content (AvgIpc) is 2.33. The van der Waals surface area contributed by atoms with E-state index >= 15 is 0 Å². The molecule has 0 amide bonds. The van der Waals surface area contributed by atoms with Gasteiger partial charge in [-0.1, -0.05) is 0 Å². The maximum absolute atomic E-state index is 11.9. The fraction of sp³-hybridized carbons (Fsp3) is 0.500. The minimum atomic E-state index is -2.58. The summed E-state index contributed by atoms with van der Waals surface area (Å²) < 4.78 is 24.4. The molecule has 3 nitrogen and oxygen atoms in total. The molecule has 1 aromatic rings. The standard InChI is InChI=1S/C6H9F2N3.ClH/c1-4(9)5-2-3-11(10-5)6(7)8;/h2-4,6H,9H2,1H3;1H/t4-;/m1./s1. The normalized spacial score (nSPS) is 12.8. The molecule has 0 unspecified atom stereocenters. The molecule has 0 fully saturated rings. The molecule has 6 heteroatoms. The van der Waals surface area contributed by atoms with Gasteiger partial charge in [-0.05, 0) is 13.0 Å². The van der Waals surface area contributed by atoms with E-state index in [9.17, 15) is 8.78 Å². The third-order valence-corrected chi connectivity index (χ3v) is 1.30. The van der Waals surface area contributed by atoms with Crippen LogP contribution in [0.1, 0.15) is 25.2 Å². The van der Waals surface area contributed by atoms with Crippen LogP contribution in [0.5, 0.6) is 0 Å². The predicted molar refractivity (Wildman–Crippen MR) is 43.3 cm³/mol. The topological polar surface area (TPSA) is 43.8 Å². The highest BCUT2D eigenvalue weighted by molar-refractivity contribution is 5.85. The van der Waals surface area contributed by atoms with Crippen LogP contribution < -0.4 is 5.73 Å². The number of rotatable bonds is 2. The van der Waals surface area contributed by atoms with E-state index in [4.69, 9.17) is 5.73 Å². The van der Waals surface area contributed by atoms with Crippen LogP contribution in [0.15, 0.2) is 12.3 Å². The molecule has 1 heterocycles. The van der Waals surface area contributed by atoms with Crippen molar-refractivity contribution in [2.24, 2.45) is 5.73 Å². The first-order valence-corrected chi connectivity index (χ1v) is 3.20. The molecule has 70 valence electrons. The van der Waals surface area contributed by atoms with Crippen LogP contribution in [-0.2, 0) is 0 Å². The van der Waals surface area contributed by atoms with E-state index in [0.29, 0.717) is 10.4 Å². The fourth-order valence-corrected chi connectivity index (χ4v) is 0.704. The summed E-state index contributed by atoms with van der Waals surface area (Å²) in [5.41, 5.74) is 5.88. The molecule has 0 aliphatic carbocycles. The van der Waals surface area contributed by atoms with Crippen LogP contribution in [0.3, 0.4) is 0 Å². The number of nitrogens with two attached hydrogens (primary N) is 1. The van der Waals surface area contributed by atoms with Crippen molar-refractivity contribution < 1.29 is 8.78 Å². The van der Waals surface area contributed by atoms with Crippen molar-refractivity contribution in [2.45, 2.75) is 19.5 Å². The maximum Gasteiger partial charge on any atom is 0.333 e. The van der Waals surface area contributed by atoms with Gasteiger partial charge >= 0.3 is 6.55 Å². The molecule has 0 saturated carbocycles. The summed E-state index contributed by atoms with van der Waals surface area (Å²) in [5, 5.41) is 3.55. The first kappa shape index (κ1) is 11.3. The van der Waals surface area contributed by atoms with Crippen molar-refractivity contribution >= 4 is 12.4 Å². The van der Waals surface area contributed by atoms with Crippen molar-refractivity contribution in [1.82, 2.24) is 9.78 Å². The summed E-state index contributed by atoms with van der Waals surface area (Å²) in [6, 6.07) is 1.19. The number of nitrogens with zero attached hydrogens (tertiary/aromatic N) is 2. The lowest BCUT2D eigenvalue weighted by molar-refractivity contribution is 0.0561. The monoisotopic (exact) mass is 197 g/mol. The molecule has 0 saturated heterocycles. The Labute approximate surface area is 75.0 Å². The molecule has 0 bridgehead atoms. The molecule has 1 aromatic heterocycles. The van der Waals surface area contributed by atoms with E-state index < -0.39 is 6.55 Å². The van der Waals surface area contributed by atoms with Crippen molar-refractivity contribution in [1.29, 1.82) is 0 Å². The summed E-state index contributed by atoms with van der Waals surface area (Å²) in [5.74, 6) is 0. The second-order valence-electron chi connectivity index (χ2n) is 2.29. The zero-order valence-corrected chi connectivity index (χ0v) is 7.26. The maximum atomic E-state index is 11.9.